The van der Waals surface area contributed by atoms with Gasteiger partial charge in [-0.3, -0.25) is 0 Å². The molecule has 11 rings (SSSR count). The van der Waals surface area contributed by atoms with Crippen LogP contribution in [0.2, 0.25) is 0 Å². The SMILES string of the molecule is c1ccc(-c2cccc(-c3cc4c5cccc(-c6cccc(-c7cccc(-c8nc(-c9ccccc9)nc(-c9ccccc9)n8)c7)c6)c5oc4c4ccccc34)c2)cc1. The molecule has 2 heterocycles. The van der Waals surface area contributed by atoms with E-state index in [1.165, 1.54) is 22.3 Å². The van der Waals surface area contributed by atoms with Crippen LogP contribution in [0.25, 0.3) is 111 Å². The van der Waals surface area contributed by atoms with E-state index in [1.54, 1.807) is 0 Å². The maximum absolute atomic E-state index is 6.93. The van der Waals surface area contributed by atoms with Gasteiger partial charge < -0.3 is 4.42 Å². The number of furan rings is 1. The predicted molar refractivity (Wildman–Crippen MR) is 243 cm³/mol. The summed E-state index contributed by atoms with van der Waals surface area (Å²) in [7, 11) is 0. The van der Waals surface area contributed by atoms with Crippen molar-refractivity contribution in [2.75, 3.05) is 0 Å². The van der Waals surface area contributed by atoms with Crippen molar-refractivity contribution < 1.29 is 4.42 Å². The summed E-state index contributed by atoms with van der Waals surface area (Å²) in [4.78, 5) is 14.9. The second-order valence-electron chi connectivity index (χ2n) is 14.8. The molecule has 0 bridgehead atoms. The topological polar surface area (TPSA) is 51.8 Å². The van der Waals surface area contributed by atoms with Gasteiger partial charge in [0, 0.05) is 38.4 Å². The molecule has 0 saturated carbocycles. The van der Waals surface area contributed by atoms with Crippen LogP contribution in [0.3, 0.4) is 0 Å². The minimum absolute atomic E-state index is 0.626. The highest BCUT2D eigenvalue weighted by atomic mass is 16.3. The van der Waals surface area contributed by atoms with Gasteiger partial charge in [-0.05, 0) is 68.6 Å². The molecule has 11 aromatic rings. The molecule has 0 spiro atoms. The Hall–Kier alpha value is -7.95. The molecule has 0 amide bonds. The minimum atomic E-state index is 0.626. The van der Waals surface area contributed by atoms with Crippen LogP contribution in [0.15, 0.2) is 217 Å². The lowest BCUT2D eigenvalue weighted by molar-refractivity contribution is 0.674. The molecule has 0 atom stereocenters. The molecule has 0 aliphatic heterocycles. The van der Waals surface area contributed by atoms with E-state index in [2.05, 4.69) is 152 Å². The highest BCUT2D eigenvalue weighted by molar-refractivity contribution is 6.20. The van der Waals surface area contributed by atoms with Crippen molar-refractivity contribution in [2.24, 2.45) is 0 Å². The fourth-order valence-corrected chi connectivity index (χ4v) is 8.22. The summed E-state index contributed by atoms with van der Waals surface area (Å²) in [5.41, 5.74) is 13.6. The summed E-state index contributed by atoms with van der Waals surface area (Å²) in [5.74, 6) is 1.91. The van der Waals surface area contributed by atoms with Crippen molar-refractivity contribution in [3.05, 3.63) is 212 Å². The Bertz CT molecular complexity index is 3260. The van der Waals surface area contributed by atoms with Crippen LogP contribution < -0.4 is 0 Å². The van der Waals surface area contributed by atoms with Crippen molar-refractivity contribution in [1.82, 2.24) is 15.0 Å². The van der Waals surface area contributed by atoms with E-state index < -0.39 is 0 Å². The molecule has 0 N–H and O–H groups in total. The summed E-state index contributed by atoms with van der Waals surface area (Å²) >= 11 is 0. The van der Waals surface area contributed by atoms with E-state index in [0.29, 0.717) is 17.5 Å². The number of para-hydroxylation sites is 1. The molecule has 4 heteroatoms. The average Bonchev–Trinajstić information content (AvgIpc) is 3.71. The summed E-state index contributed by atoms with van der Waals surface area (Å²) in [6, 6.07) is 74.1. The monoisotopic (exact) mass is 753 g/mol. The van der Waals surface area contributed by atoms with Gasteiger partial charge >= 0.3 is 0 Å². The van der Waals surface area contributed by atoms with E-state index in [-0.39, 0.29) is 0 Å². The number of fused-ring (bicyclic) bond motifs is 5. The Morgan fingerprint density at radius 3 is 1.24 bits per heavy atom. The molecular formula is C55H35N3O. The third-order valence-corrected chi connectivity index (χ3v) is 11.1. The van der Waals surface area contributed by atoms with Gasteiger partial charge in [0.2, 0.25) is 0 Å². The van der Waals surface area contributed by atoms with Crippen LogP contribution in [0.4, 0.5) is 0 Å². The fraction of sp³-hybridized carbons (Fsp3) is 0. The zero-order valence-electron chi connectivity index (χ0n) is 32.0. The Kier molecular flexibility index (Phi) is 8.45. The normalized spacial score (nSPS) is 11.4. The minimum Gasteiger partial charge on any atom is -0.455 e. The van der Waals surface area contributed by atoms with Crippen LogP contribution >= 0.6 is 0 Å². The zero-order valence-corrected chi connectivity index (χ0v) is 32.0. The Labute approximate surface area is 341 Å². The summed E-state index contributed by atoms with van der Waals surface area (Å²) < 4.78 is 6.93. The number of rotatable bonds is 7. The van der Waals surface area contributed by atoms with E-state index in [9.17, 15) is 0 Å². The largest absolute Gasteiger partial charge is 0.455 e. The van der Waals surface area contributed by atoms with Gasteiger partial charge in [-0.25, -0.2) is 15.0 Å². The molecule has 0 aliphatic rings. The zero-order chi connectivity index (χ0) is 39.1. The fourth-order valence-electron chi connectivity index (χ4n) is 8.22. The van der Waals surface area contributed by atoms with Gasteiger partial charge in [-0.15, -0.1) is 0 Å². The van der Waals surface area contributed by atoms with Crippen LogP contribution in [-0.4, -0.2) is 15.0 Å². The van der Waals surface area contributed by atoms with Gasteiger partial charge in [-0.1, -0.05) is 188 Å². The second-order valence-corrected chi connectivity index (χ2v) is 14.8. The number of nitrogens with zero attached hydrogens (tertiary/aromatic N) is 3. The third-order valence-electron chi connectivity index (χ3n) is 11.1. The third kappa shape index (κ3) is 6.34. The highest BCUT2D eigenvalue weighted by Crippen LogP contribution is 2.43. The lowest BCUT2D eigenvalue weighted by Crippen LogP contribution is -2.00. The second kappa shape index (κ2) is 14.5. The van der Waals surface area contributed by atoms with Crippen molar-refractivity contribution in [2.45, 2.75) is 0 Å². The first-order valence-electron chi connectivity index (χ1n) is 19.8. The molecule has 9 aromatic carbocycles. The summed E-state index contributed by atoms with van der Waals surface area (Å²) in [6.45, 7) is 0. The van der Waals surface area contributed by atoms with E-state index in [1.807, 2.05) is 60.7 Å². The smallest absolute Gasteiger partial charge is 0.164 e. The average molecular weight is 754 g/mol. The first-order valence-corrected chi connectivity index (χ1v) is 19.8. The predicted octanol–water partition coefficient (Wildman–Crippen LogP) is 14.6. The van der Waals surface area contributed by atoms with Crippen LogP contribution in [0, 0.1) is 0 Å². The first kappa shape index (κ1) is 34.3. The molecule has 4 nitrogen and oxygen atoms in total. The quantitative estimate of drug-likeness (QED) is 0.163. The van der Waals surface area contributed by atoms with Gasteiger partial charge in [0.05, 0.1) is 0 Å². The van der Waals surface area contributed by atoms with E-state index in [4.69, 9.17) is 19.4 Å². The number of aromatic nitrogens is 3. The molecule has 0 saturated heterocycles. The van der Waals surface area contributed by atoms with Crippen LogP contribution in [0.5, 0.6) is 0 Å². The molecule has 2 aromatic heterocycles. The summed E-state index contributed by atoms with van der Waals surface area (Å²) in [6.07, 6.45) is 0. The van der Waals surface area contributed by atoms with E-state index >= 15 is 0 Å². The lowest BCUT2D eigenvalue weighted by atomic mass is 9.93. The molecule has 0 unspecified atom stereocenters. The lowest BCUT2D eigenvalue weighted by Gasteiger charge is -2.10. The number of hydrogen-bond acceptors (Lipinski definition) is 4. The van der Waals surface area contributed by atoms with E-state index in [0.717, 1.165) is 71.7 Å². The van der Waals surface area contributed by atoms with Crippen molar-refractivity contribution >= 4 is 32.7 Å². The van der Waals surface area contributed by atoms with Gasteiger partial charge in [0.15, 0.2) is 17.5 Å². The van der Waals surface area contributed by atoms with Crippen LogP contribution in [-0.2, 0) is 0 Å². The highest BCUT2D eigenvalue weighted by Gasteiger charge is 2.19. The Balaban J connectivity index is 1.01. The maximum atomic E-state index is 6.93. The van der Waals surface area contributed by atoms with Crippen molar-refractivity contribution in [1.29, 1.82) is 0 Å². The van der Waals surface area contributed by atoms with Crippen molar-refractivity contribution in [3.8, 4) is 78.7 Å². The molecule has 276 valence electrons. The van der Waals surface area contributed by atoms with Gasteiger partial charge in [-0.2, -0.15) is 0 Å². The van der Waals surface area contributed by atoms with Gasteiger partial charge in [0.25, 0.3) is 0 Å². The Morgan fingerprint density at radius 1 is 0.237 bits per heavy atom. The molecule has 0 aliphatic carbocycles. The van der Waals surface area contributed by atoms with Crippen molar-refractivity contribution in [3.63, 3.8) is 0 Å². The number of benzene rings is 9. The maximum Gasteiger partial charge on any atom is 0.164 e. The standard InChI is InChI=1S/C55H35N3O/c1-4-16-36(17-5-1)39-22-12-26-43(32-39)49-35-50-48-31-15-30-45(51(48)59-52(50)47-29-11-10-28-46(47)49)42-25-13-23-40(33-42)41-24-14-27-44(34-41)55-57-53(37-18-6-2-7-19-37)56-54(58-55)38-20-8-3-9-21-38/h1-35H. The number of hydrogen-bond donors (Lipinski definition) is 0. The first-order chi connectivity index (χ1) is 29.2. The van der Waals surface area contributed by atoms with Crippen LogP contribution in [0.1, 0.15) is 0 Å². The van der Waals surface area contributed by atoms with Gasteiger partial charge in [0.1, 0.15) is 11.2 Å². The molecular weight excluding hydrogens is 719 g/mol. The molecule has 0 radical (unpaired) electrons. The Morgan fingerprint density at radius 2 is 0.627 bits per heavy atom. The molecule has 59 heavy (non-hydrogen) atoms. The summed E-state index contributed by atoms with van der Waals surface area (Å²) in [5, 5.41) is 4.46. The molecule has 0 fully saturated rings.